The number of nitrogens with zero attached hydrogens (tertiary/aromatic N) is 7. The highest BCUT2D eigenvalue weighted by atomic mass is 19.1. The molecule has 0 saturated carbocycles. The van der Waals surface area contributed by atoms with Gasteiger partial charge in [0.25, 0.3) is 0 Å². The highest BCUT2D eigenvalue weighted by Gasteiger charge is 2.49. The molecule has 2 aromatic heterocycles. The summed E-state index contributed by atoms with van der Waals surface area (Å²) in [5.74, 6) is 0.231. The predicted octanol–water partition coefficient (Wildman–Crippen LogP) is 4.19. The minimum atomic E-state index is -0.867. The first-order valence-electron chi connectivity index (χ1n) is 17.4. The lowest BCUT2D eigenvalue weighted by molar-refractivity contribution is -0.117. The van der Waals surface area contributed by atoms with E-state index in [1.54, 1.807) is 18.2 Å². The Morgan fingerprint density at radius 2 is 1.98 bits per heavy atom. The Balaban J connectivity index is 1.17. The van der Waals surface area contributed by atoms with E-state index < -0.39 is 12.1 Å². The highest BCUT2D eigenvalue weighted by Crippen LogP contribution is 2.42. The Kier molecular flexibility index (Phi) is 8.04. The summed E-state index contributed by atoms with van der Waals surface area (Å²) in [6, 6.07) is 8.77. The van der Waals surface area contributed by atoms with Gasteiger partial charge in [0.15, 0.2) is 0 Å². The zero-order chi connectivity index (χ0) is 33.9. The van der Waals surface area contributed by atoms with Crippen LogP contribution < -0.4 is 20.3 Å². The first kappa shape index (κ1) is 31.7. The van der Waals surface area contributed by atoms with E-state index in [0.29, 0.717) is 69.9 Å². The quantitative estimate of drug-likeness (QED) is 0.284. The molecule has 6 heterocycles. The Hall–Kier alpha value is -4.52. The number of halogens is 2. The number of amides is 1. The van der Waals surface area contributed by atoms with Crippen LogP contribution in [0.15, 0.2) is 30.3 Å². The number of aromatic nitrogens is 4. The molecule has 2 fully saturated rings. The summed E-state index contributed by atoms with van der Waals surface area (Å²) in [7, 11) is 0. The number of primary amides is 1. The average Bonchev–Trinajstić information content (AvgIpc) is 3.68. The number of rotatable bonds is 8. The number of hydrogen-bond donors (Lipinski definition) is 2. The number of nitrogens with two attached hydrogens (primary N) is 1. The number of phenols is 1. The van der Waals surface area contributed by atoms with E-state index >= 15 is 4.39 Å². The topological polar surface area (TPSA) is 126 Å². The molecule has 0 radical (unpaired) electrons. The Morgan fingerprint density at radius 3 is 2.82 bits per heavy atom. The molecule has 49 heavy (non-hydrogen) atoms. The second-order valence-electron chi connectivity index (χ2n) is 14.0. The van der Waals surface area contributed by atoms with Crippen LogP contribution in [-0.4, -0.2) is 80.2 Å². The number of alkyl halides is 1. The molecule has 2 aromatic carbocycles. The van der Waals surface area contributed by atoms with Crippen LogP contribution in [0.1, 0.15) is 60.8 Å². The van der Waals surface area contributed by atoms with Crippen LogP contribution in [-0.2, 0) is 43.7 Å². The molecule has 2 atom stereocenters. The van der Waals surface area contributed by atoms with Crippen molar-refractivity contribution in [2.45, 2.75) is 83.2 Å². The van der Waals surface area contributed by atoms with Gasteiger partial charge in [-0.3, -0.25) is 14.4 Å². The highest BCUT2D eigenvalue weighted by molar-refractivity contribution is 5.98. The molecular weight excluding hydrogens is 630 g/mol. The number of aryl methyl sites for hydroxylation is 2. The lowest BCUT2D eigenvalue weighted by Gasteiger charge is -2.35. The van der Waals surface area contributed by atoms with Crippen molar-refractivity contribution in [3.8, 4) is 11.8 Å². The van der Waals surface area contributed by atoms with Gasteiger partial charge < -0.3 is 25.4 Å². The van der Waals surface area contributed by atoms with Crippen LogP contribution in [0, 0.1) is 5.82 Å². The van der Waals surface area contributed by atoms with Crippen LogP contribution in [0.4, 0.5) is 20.3 Å². The lowest BCUT2D eigenvalue weighted by Crippen LogP contribution is -2.43. The Labute approximate surface area is 283 Å². The summed E-state index contributed by atoms with van der Waals surface area (Å²) in [5, 5.41) is 16.9. The average molecular weight is 673 g/mol. The molecule has 0 bridgehead atoms. The van der Waals surface area contributed by atoms with Crippen molar-refractivity contribution in [2.75, 3.05) is 42.6 Å². The molecule has 4 aliphatic heterocycles. The van der Waals surface area contributed by atoms with Gasteiger partial charge in [-0.2, -0.15) is 15.1 Å². The fourth-order valence-corrected chi connectivity index (χ4v) is 8.61. The van der Waals surface area contributed by atoms with Crippen LogP contribution in [0.2, 0.25) is 0 Å². The van der Waals surface area contributed by atoms with Crippen LogP contribution in [0.5, 0.6) is 11.8 Å². The van der Waals surface area contributed by atoms with E-state index in [1.807, 2.05) is 17.7 Å². The van der Waals surface area contributed by atoms with E-state index in [-0.39, 0.29) is 29.5 Å². The standard InChI is InChI=1S/C36H42F2N8O3/c1-2-27-29(38)6-5-22-13-26(47)16-31(33(22)27)43-12-7-28-30(20-43)40-35(49-21-36-8-3-10-45(36)18-23(37)17-36)41-34(28)44-9-4-11-46-25(19-44)14-24(42-46)15-32(39)48/h5-6,13-14,16,23,47H,2-4,7-12,15,17-21H2,1H3,(H2,39,48)/t23-,36+/m1/s1. The molecule has 258 valence electrons. The van der Waals surface area contributed by atoms with Gasteiger partial charge in [-0.25, -0.2) is 8.78 Å². The maximum absolute atomic E-state index is 15.1. The number of anilines is 2. The van der Waals surface area contributed by atoms with Gasteiger partial charge >= 0.3 is 6.01 Å². The minimum absolute atomic E-state index is 0.0859. The molecule has 3 N–H and O–H groups in total. The maximum atomic E-state index is 15.1. The zero-order valence-corrected chi connectivity index (χ0v) is 27.8. The smallest absolute Gasteiger partial charge is 0.318 e. The number of fused-ring (bicyclic) bond motifs is 4. The van der Waals surface area contributed by atoms with Crippen molar-refractivity contribution in [1.82, 2.24) is 24.6 Å². The van der Waals surface area contributed by atoms with Gasteiger partial charge in [-0.1, -0.05) is 13.0 Å². The molecule has 1 amide bonds. The number of benzene rings is 2. The molecule has 11 nitrogen and oxygen atoms in total. The molecule has 8 rings (SSSR count). The molecule has 13 heteroatoms. The minimum Gasteiger partial charge on any atom is -0.508 e. The van der Waals surface area contributed by atoms with Crippen molar-refractivity contribution < 1.29 is 23.4 Å². The number of ether oxygens (including phenoxy) is 1. The number of aromatic hydroxyl groups is 1. The number of carbonyl (C=O) groups is 1. The maximum Gasteiger partial charge on any atom is 0.318 e. The molecule has 4 aliphatic rings. The third kappa shape index (κ3) is 5.81. The first-order valence-corrected chi connectivity index (χ1v) is 17.4. The van der Waals surface area contributed by atoms with Gasteiger partial charge in [0.05, 0.1) is 42.1 Å². The van der Waals surface area contributed by atoms with Gasteiger partial charge in [0.2, 0.25) is 5.91 Å². The van der Waals surface area contributed by atoms with Crippen molar-refractivity contribution in [3.05, 3.63) is 64.4 Å². The van der Waals surface area contributed by atoms with E-state index in [1.165, 1.54) is 6.07 Å². The SMILES string of the molecule is CCc1c(F)ccc2cc(O)cc(N3CCc4c(nc(OC[C@@]56CCCN5C[C@H](F)C6)nc4N4CCCn5nc(CC(N)=O)cc5C4)C3)c12. The summed E-state index contributed by atoms with van der Waals surface area (Å²) in [6.45, 7) is 6.57. The zero-order valence-electron chi connectivity index (χ0n) is 27.8. The molecule has 0 aliphatic carbocycles. The second kappa shape index (κ2) is 12.4. The summed E-state index contributed by atoms with van der Waals surface area (Å²) in [6.07, 6.45) is 3.52. The van der Waals surface area contributed by atoms with Crippen molar-refractivity contribution in [2.24, 2.45) is 5.73 Å². The van der Waals surface area contributed by atoms with Crippen molar-refractivity contribution in [1.29, 1.82) is 0 Å². The van der Waals surface area contributed by atoms with Gasteiger partial charge in [-0.05, 0) is 67.8 Å². The molecule has 2 saturated heterocycles. The summed E-state index contributed by atoms with van der Waals surface area (Å²) < 4.78 is 38.0. The Bertz CT molecular complexity index is 1930. The summed E-state index contributed by atoms with van der Waals surface area (Å²) in [5.41, 5.74) is 9.94. The van der Waals surface area contributed by atoms with Gasteiger partial charge in [-0.15, -0.1) is 0 Å². The van der Waals surface area contributed by atoms with Gasteiger partial charge in [0, 0.05) is 55.3 Å². The monoisotopic (exact) mass is 672 g/mol. The van der Waals surface area contributed by atoms with E-state index in [2.05, 4.69) is 19.8 Å². The second-order valence-corrected chi connectivity index (χ2v) is 14.0. The molecular formula is C36H42F2N8O3. The number of hydrogen-bond acceptors (Lipinski definition) is 9. The molecule has 4 aromatic rings. The van der Waals surface area contributed by atoms with Crippen LogP contribution >= 0.6 is 0 Å². The molecule has 0 spiro atoms. The van der Waals surface area contributed by atoms with E-state index in [9.17, 15) is 14.3 Å². The number of phenolic OH excluding ortho intramolecular Hbond substituents is 1. The lowest BCUT2D eigenvalue weighted by atomic mass is 9.95. The van der Waals surface area contributed by atoms with E-state index in [0.717, 1.165) is 71.6 Å². The predicted molar refractivity (Wildman–Crippen MR) is 181 cm³/mol. The number of carbonyl (C=O) groups excluding carboxylic acids is 1. The first-order chi connectivity index (χ1) is 23.7. The van der Waals surface area contributed by atoms with E-state index in [4.69, 9.17) is 20.4 Å². The summed E-state index contributed by atoms with van der Waals surface area (Å²) >= 11 is 0. The normalized spacial score (nSPS) is 22.2. The molecule has 0 unspecified atom stereocenters. The van der Waals surface area contributed by atoms with Gasteiger partial charge in [0.1, 0.15) is 30.2 Å². The fraction of sp³-hybridized carbons (Fsp3) is 0.500. The van der Waals surface area contributed by atoms with Crippen LogP contribution in [0.3, 0.4) is 0 Å². The third-order valence-electron chi connectivity index (χ3n) is 10.8. The van der Waals surface area contributed by atoms with Crippen molar-refractivity contribution in [3.63, 3.8) is 0 Å². The van der Waals surface area contributed by atoms with Crippen LogP contribution in [0.25, 0.3) is 10.8 Å². The summed E-state index contributed by atoms with van der Waals surface area (Å²) in [4.78, 5) is 28.2. The third-order valence-corrected chi connectivity index (χ3v) is 10.8. The Morgan fingerprint density at radius 1 is 1.10 bits per heavy atom. The largest absolute Gasteiger partial charge is 0.508 e. The fourth-order valence-electron chi connectivity index (χ4n) is 8.61. The van der Waals surface area contributed by atoms with Crippen molar-refractivity contribution >= 4 is 28.2 Å².